The summed E-state index contributed by atoms with van der Waals surface area (Å²) in [5.41, 5.74) is 3.45. The molecule has 2 atom stereocenters. The number of Topliss-reactive ketones (excluding diaryl/α,β-unsaturated/α-hetero) is 1. The highest BCUT2D eigenvalue weighted by Gasteiger charge is 2.49. The first-order chi connectivity index (χ1) is 12.5. The van der Waals surface area contributed by atoms with Crippen molar-refractivity contribution in [3.8, 4) is 0 Å². The Morgan fingerprint density at radius 1 is 1.07 bits per heavy atom. The maximum absolute atomic E-state index is 13.5. The summed E-state index contributed by atoms with van der Waals surface area (Å²) in [6, 6.07) is 3.93. The smallest absolute Gasteiger partial charge is 0.324 e. The normalized spacial score (nSPS) is 15.0. The van der Waals surface area contributed by atoms with Gasteiger partial charge in [0, 0.05) is 5.56 Å². The molecule has 4 nitrogen and oxygen atoms in total. The zero-order chi connectivity index (χ0) is 20.9. The van der Waals surface area contributed by atoms with Crippen LogP contribution in [0, 0.1) is 38.5 Å². The van der Waals surface area contributed by atoms with Crippen LogP contribution in [0.15, 0.2) is 12.1 Å². The van der Waals surface area contributed by atoms with E-state index in [1.807, 2.05) is 60.6 Å². The fourth-order valence-electron chi connectivity index (χ4n) is 3.69. The lowest BCUT2D eigenvalue weighted by Crippen LogP contribution is -2.46. The van der Waals surface area contributed by atoms with Crippen LogP contribution >= 0.6 is 8.46 Å². The quantitative estimate of drug-likeness (QED) is 0.307. The van der Waals surface area contributed by atoms with Crippen molar-refractivity contribution in [1.82, 2.24) is 0 Å². The molecule has 0 heterocycles. The number of rotatable bonds is 9. The lowest BCUT2D eigenvalue weighted by Gasteiger charge is -2.32. The summed E-state index contributed by atoms with van der Waals surface area (Å²) in [5.74, 6) is -1.22. The minimum atomic E-state index is -1.41. The molecule has 0 fully saturated rings. The number of hydrogen-bond donors (Lipinski definition) is 0. The van der Waals surface area contributed by atoms with E-state index < -0.39 is 25.5 Å². The van der Waals surface area contributed by atoms with Crippen LogP contribution in [0.1, 0.15) is 68.1 Å². The van der Waals surface area contributed by atoms with Crippen molar-refractivity contribution in [3.63, 3.8) is 0 Å². The molecule has 0 saturated heterocycles. The summed E-state index contributed by atoms with van der Waals surface area (Å²) in [6.45, 7) is 15.5. The van der Waals surface area contributed by atoms with Crippen LogP contribution < -0.4 is 0 Å². The molecule has 5 heteroatoms. The summed E-state index contributed by atoms with van der Waals surface area (Å²) in [7, 11) is -0.394. The molecule has 1 aromatic rings. The number of ketones is 1. The molecule has 1 rings (SSSR count). The van der Waals surface area contributed by atoms with E-state index in [0.29, 0.717) is 11.5 Å². The largest absolute Gasteiger partial charge is 0.465 e. The Balaban J connectivity index is 3.30. The third-order valence-corrected chi connectivity index (χ3v) is 5.85. The monoisotopic (exact) mass is 392 g/mol. The van der Waals surface area contributed by atoms with Gasteiger partial charge in [0.1, 0.15) is 0 Å². The molecule has 0 saturated carbocycles. The zero-order valence-electron chi connectivity index (χ0n) is 17.9. The van der Waals surface area contributed by atoms with E-state index in [-0.39, 0.29) is 18.3 Å². The van der Waals surface area contributed by atoms with Gasteiger partial charge in [-0.15, -0.1) is 0 Å². The van der Waals surface area contributed by atoms with Gasteiger partial charge in [0.2, 0.25) is 0 Å². The SMILES string of the molecule is Cc1cc(C)c(C(=O)C(C(C)C)C(C)(P=O)C(=O)OCCC(C)C)c(C)c1. The molecule has 0 spiro atoms. The summed E-state index contributed by atoms with van der Waals surface area (Å²) in [4.78, 5) is 26.3. The van der Waals surface area contributed by atoms with Gasteiger partial charge in [-0.3, -0.25) is 14.2 Å². The van der Waals surface area contributed by atoms with Gasteiger partial charge in [0.05, 0.1) is 12.5 Å². The first kappa shape index (κ1) is 23.5. The number of esters is 1. The van der Waals surface area contributed by atoms with Crippen LogP contribution in [0.25, 0.3) is 0 Å². The summed E-state index contributed by atoms with van der Waals surface area (Å²) < 4.78 is 17.5. The molecule has 0 aliphatic rings. The second-order valence-electron chi connectivity index (χ2n) is 8.42. The van der Waals surface area contributed by atoms with Crippen LogP contribution in [-0.4, -0.2) is 23.5 Å². The predicted molar refractivity (Wildman–Crippen MR) is 110 cm³/mol. The molecule has 0 radical (unpaired) electrons. The molecule has 27 heavy (non-hydrogen) atoms. The summed E-state index contributed by atoms with van der Waals surface area (Å²) in [6.07, 6.45) is 0.730. The third kappa shape index (κ3) is 5.48. The van der Waals surface area contributed by atoms with Crippen LogP contribution in [-0.2, 0) is 14.1 Å². The number of aryl methyl sites for hydroxylation is 3. The highest BCUT2D eigenvalue weighted by Crippen LogP contribution is 2.40. The zero-order valence-corrected chi connectivity index (χ0v) is 18.8. The van der Waals surface area contributed by atoms with E-state index in [0.717, 1.165) is 23.1 Å². The lowest BCUT2D eigenvalue weighted by atomic mass is 9.76. The van der Waals surface area contributed by atoms with Crippen LogP contribution in [0.2, 0.25) is 0 Å². The van der Waals surface area contributed by atoms with Gasteiger partial charge in [-0.2, -0.15) is 0 Å². The van der Waals surface area contributed by atoms with Gasteiger partial charge in [-0.05, 0) is 57.1 Å². The van der Waals surface area contributed by atoms with Gasteiger partial charge >= 0.3 is 5.97 Å². The molecule has 150 valence electrons. The molecule has 0 N–H and O–H groups in total. The Bertz CT molecular complexity index is 685. The molecule has 0 aliphatic heterocycles. The van der Waals surface area contributed by atoms with Crippen molar-refractivity contribution >= 4 is 20.2 Å². The molecule has 0 aliphatic carbocycles. The number of benzene rings is 1. The average molecular weight is 392 g/mol. The summed E-state index contributed by atoms with van der Waals surface area (Å²) in [5, 5.41) is -1.41. The molecule has 0 amide bonds. The van der Waals surface area contributed by atoms with Crippen molar-refractivity contribution < 1.29 is 18.9 Å². The first-order valence-electron chi connectivity index (χ1n) is 9.59. The number of carbonyl (C=O) groups is 2. The standard InChI is InChI=1S/C22H33O4P/c1-13(2)9-10-26-21(24)22(8,27-25)19(14(3)4)20(23)18-16(6)11-15(5)12-17(18)7/h11-14,19H,9-10H2,1-8H3. The molecular formula is C22H33O4P. The van der Waals surface area contributed by atoms with E-state index in [4.69, 9.17) is 4.74 Å². The van der Waals surface area contributed by atoms with Crippen LogP contribution in [0.4, 0.5) is 0 Å². The molecule has 0 aromatic heterocycles. The Labute approximate surface area is 165 Å². The fourth-order valence-corrected chi connectivity index (χ4v) is 4.35. The maximum Gasteiger partial charge on any atom is 0.324 e. The van der Waals surface area contributed by atoms with Crippen molar-refractivity contribution in [3.05, 3.63) is 34.4 Å². The Kier molecular flexibility index (Phi) is 8.35. The fraction of sp³-hybridized carbons (Fsp3) is 0.636. The van der Waals surface area contributed by atoms with E-state index >= 15 is 0 Å². The predicted octanol–water partition coefficient (Wildman–Crippen LogP) is 5.71. The highest BCUT2D eigenvalue weighted by molar-refractivity contribution is 7.27. The van der Waals surface area contributed by atoms with Crippen molar-refractivity contribution in [2.45, 2.75) is 67.0 Å². The van der Waals surface area contributed by atoms with E-state index in [2.05, 4.69) is 0 Å². The Morgan fingerprint density at radius 2 is 1.59 bits per heavy atom. The van der Waals surface area contributed by atoms with Gasteiger partial charge in [0.15, 0.2) is 19.4 Å². The molecular weight excluding hydrogens is 359 g/mol. The summed E-state index contributed by atoms with van der Waals surface area (Å²) >= 11 is 0. The lowest BCUT2D eigenvalue weighted by molar-refractivity contribution is -0.148. The maximum atomic E-state index is 13.5. The minimum Gasteiger partial charge on any atom is -0.465 e. The number of carbonyl (C=O) groups excluding carboxylic acids is 2. The van der Waals surface area contributed by atoms with Crippen molar-refractivity contribution in [1.29, 1.82) is 0 Å². The van der Waals surface area contributed by atoms with Gasteiger partial charge in [-0.25, -0.2) is 0 Å². The molecule has 2 unspecified atom stereocenters. The third-order valence-electron chi connectivity index (χ3n) is 5.01. The van der Waals surface area contributed by atoms with Gasteiger partial charge in [-0.1, -0.05) is 45.4 Å². The van der Waals surface area contributed by atoms with E-state index in [9.17, 15) is 14.2 Å². The van der Waals surface area contributed by atoms with Crippen molar-refractivity contribution in [2.24, 2.45) is 17.8 Å². The first-order valence-corrected chi connectivity index (χ1v) is 10.4. The second kappa shape index (κ2) is 9.59. The minimum absolute atomic E-state index is 0.147. The molecule has 0 bridgehead atoms. The Morgan fingerprint density at radius 3 is 2.00 bits per heavy atom. The molecule has 1 aromatic carbocycles. The van der Waals surface area contributed by atoms with E-state index in [1.54, 1.807) is 6.92 Å². The number of hydrogen-bond acceptors (Lipinski definition) is 4. The Hall–Kier alpha value is -1.54. The topological polar surface area (TPSA) is 60.4 Å². The van der Waals surface area contributed by atoms with Crippen LogP contribution in [0.3, 0.4) is 0 Å². The highest BCUT2D eigenvalue weighted by atomic mass is 31.1. The average Bonchev–Trinajstić information content (AvgIpc) is 2.52. The number of ether oxygens (including phenoxy) is 1. The van der Waals surface area contributed by atoms with Crippen LogP contribution in [0.5, 0.6) is 0 Å². The van der Waals surface area contributed by atoms with E-state index in [1.165, 1.54) is 0 Å². The van der Waals surface area contributed by atoms with Gasteiger partial charge in [0.25, 0.3) is 0 Å². The van der Waals surface area contributed by atoms with Gasteiger partial charge < -0.3 is 4.74 Å². The van der Waals surface area contributed by atoms with Crippen molar-refractivity contribution in [2.75, 3.05) is 6.61 Å². The second-order valence-corrected chi connectivity index (χ2v) is 9.53.